The highest BCUT2D eigenvalue weighted by atomic mass is 16.5. The molecule has 26 heavy (non-hydrogen) atoms. The zero-order valence-corrected chi connectivity index (χ0v) is 16.4. The summed E-state index contributed by atoms with van der Waals surface area (Å²) in [6.45, 7) is 8.62. The van der Waals surface area contributed by atoms with Crippen molar-refractivity contribution in [1.82, 2.24) is 15.1 Å². The number of carbonyl (C=O) groups excluding carboxylic acids is 1. The quantitative estimate of drug-likeness (QED) is 0.845. The first-order valence-electron chi connectivity index (χ1n) is 9.90. The van der Waals surface area contributed by atoms with Crippen molar-refractivity contribution < 1.29 is 9.53 Å². The molecule has 1 aromatic carbocycles. The summed E-state index contributed by atoms with van der Waals surface area (Å²) in [4.78, 5) is 17.2. The maximum Gasteiger partial charge on any atom is 0.234 e. The number of methoxy groups -OCH3 is 1. The predicted octanol–water partition coefficient (Wildman–Crippen LogP) is 2.09. The van der Waals surface area contributed by atoms with E-state index in [0.29, 0.717) is 18.5 Å². The fourth-order valence-corrected chi connectivity index (χ4v) is 4.21. The molecule has 0 saturated carbocycles. The number of piperidine rings is 1. The van der Waals surface area contributed by atoms with Crippen LogP contribution in [-0.4, -0.2) is 73.7 Å². The van der Waals surface area contributed by atoms with Gasteiger partial charge < -0.3 is 10.1 Å². The lowest BCUT2D eigenvalue weighted by atomic mass is 9.89. The molecule has 2 saturated heterocycles. The SMILES string of the molecule is CO[C@@H]1CN(C(C)C)C[C@H]1NC(=O)CN1CCC(c2ccccc2)CC1. The molecule has 0 aliphatic carbocycles. The lowest BCUT2D eigenvalue weighted by Gasteiger charge is -2.32. The molecule has 2 fully saturated rings. The molecule has 2 aliphatic rings. The van der Waals surface area contributed by atoms with E-state index >= 15 is 0 Å². The number of benzene rings is 1. The number of hydrogen-bond donors (Lipinski definition) is 1. The Balaban J connectivity index is 1.44. The van der Waals surface area contributed by atoms with Crippen LogP contribution in [0.3, 0.4) is 0 Å². The fraction of sp³-hybridized carbons (Fsp3) is 0.667. The Morgan fingerprint density at radius 2 is 1.88 bits per heavy atom. The second kappa shape index (κ2) is 8.98. The minimum Gasteiger partial charge on any atom is -0.378 e. The lowest BCUT2D eigenvalue weighted by Crippen LogP contribution is -2.48. The minimum atomic E-state index is 0.0881. The Labute approximate surface area is 157 Å². The van der Waals surface area contributed by atoms with Crippen LogP contribution < -0.4 is 5.32 Å². The second-order valence-electron chi connectivity index (χ2n) is 7.96. The van der Waals surface area contributed by atoms with Crippen LogP contribution in [0, 0.1) is 0 Å². The number of rotatable bonds is 6. The van der Waals surface area contributed by atoms with Gasteiger partial charge in [-0.1, -0.05) is 30.3 Å². The molecule has 5 nitrogen and oxygen atoms in total. The molecule has 2 heterocycles. The van der Waals surface area contributed by atoms with Gasteiger partial charge in [-0.3, -0.25) is 14.6 Å². The minimum absolute atomic E-state index is 0.0881. The highest BCUT2D eigenvalue weighted by Gasteiger charge is 2.35. The number of nitrogens with zero attached hydrogens (tertiary/aromatic N) is 2. The maximum absolute atomic E-state index is 12.5. The molecule has 0 spiro atoms. The van der Waals surface area contributed by atoms with Crippen LogP contribution in [0.25, 0.3) is 0 Å². The van der Waals surface area contributed by atoms with E-state index in [1.54, 1.807) is 7.11 Å². The van der Waals surface area contributed by atoms with Gasteiger partial charge in [-0.2, -0.15) is 0 Å². The zero-order chi connectivity index (χ0) is 18.5. The van der Waals surface area contributed by atoms with Gasteiger partial charge in [-0.25, -0.2) is 0 Å². The van der Waals surface area contributed by atoms with Gasteiger partial charge in [-0.05, 0) is 51.3 Å². The van der Waals surface area contributed by atoms with Crippen LogP contribution in [0.5, 0.6) is 0 Å². The summed E-state index contributed by atoms with van der Waals surface area (Å²) in [5, 5.41) is 3.21. The van der Waals surface area contributed by atoms with E-state index < -0.39 is 0 Å². The average Bonchev–Trinajstić information content (AvgIpc) is 3.06. The van der Waals surface area contributed by atoms with Crippen LogP contribution in [0.15, 0.2) is 30.3 Å². The third-order valence-corrected chi connectivity index (χ3v) is 5.90. The second-order valence-corrected chi connectivity index (χ2v) is 7.96. The van der Waals surface area contributed by atoms with Crippen LogP contribution in [-0.2, 0) is 9.53 Å². The van der Waals surface area contributed by atoms with E-state index in [-0.39, 0.29) is 18.1 Å². The van der Waals surface area contributed by atoms with E-state index in [2.05, 4.69) is 59.3 Å². The highest BCUT2D eigenvalue weighted by Crippen LogP contribution is 2.27. The molecular weight excluding hydrogens is 326 g/mol. The van der Waals surface area contributed by atoms with Gasteiger partial charge in [0.1, 0.15) is 0 Å². The third kappa shape index (κ3) is 4.84. The fourth-order valence-electron chi connectivity index (χ4n) is 4.21. The Bertz CT molecular complexity index is 570. The van der Waals surface area contributed by atoms with Crippen LogP contribution in [0.1, 0.15) is 38.2 Å². The molecule has 3 rings (SSSR count). The Morgan fingerprint density at radius 1 is 1.19 bits per heavy atom. The summed E-state index contributed by atoms with van der Waals surface area (Å²) in [5.41, 5.74) is 1.43. The van der Waals surface area contributed by atoms with E-state index in [0.717, 1.165) is 39.0 Å². The van der Waals surface area contributed by atoms with Crippen molar-refractivity contribution in [2.45, 2.75) is 50.8 Å². The summed E-state index contributed by atoms with van der Waals surface area (Å²) in [7, 11) is 1.74. The van der Waals surface area contributed by atoms with Crippen LogP contribution in [0.4, 0.5) is 0 Å². The number of likely N-dealkylation sites (tertiary alicyclic amines) is 2. The van der Waals surface area contributed by atoms with Gasteiger partial charge in [0, 0.05) is 26.2 Å². The van der Waals surface area contributed by atoms with Gasteiger partial charge >= 0.3 is 0 Å². The first-order valence-corrected chi connectivity index (χ1v) is 9.90. The molecule has 1 aromatic rings. The highest BCUT2D eigenvalue weighted by molar-refractivity contribution is 5.78. The number of hydrogen-bond acceptors (Lipinski definition) is 4. The van der Waals surface area contributed by atoms with Crippen molar-refractivity contribution in [1.29, 1.82) is 0 Å². The van der Waals surface area contributed by atoms with Gasteiger partial charge in [-0.15, -0.1) is 0 Å². The summed E-state index contributed by atoms with van der Waals surface area (Å²) in [5.74, 6) is 0.753. The number of carbonyl (C=O) groups is 1. The molecule has 0 unspecified atom stereocenters. The van der Waals surface area contributed by atoms with E-state index in [4.69, 9.17) is 4.74 Å². The number of ether oxygens (including phenoxy) is 1. The topological polar surface area (TPSA) is 44.8 Å². The third-order valence-electron chi connectivity index (χ3n) is 5.90. The molecule has 5 heteroatoms. The Kier molecular flexibility index (Phi) is 6.68. The Morgan fingerprint density at radius 3 is 2.50 bits per heavy atom. The first kappa shape index (κ1) is 19.3. The van der Waals surface area contributed by atoms with Gasteiger partial charge in [0.05, 0.1) is 18.7 Å². The van der Waals surface area contributed by atoms with Gasteiger partial charge in [0.15, 0.2) is 0 Å². The maximum atomic E-state index is 12.5. The molecule has 0 radical (unpaired) electrons. The van der Waals surface area contributed by atoms with Crippen molar-refractivity contribution in [2.75, 3.05) is 39.8 Å². The van der Waals surface area contributed by atoms with E-state index in [1.807, 2.05) is 0 Å². The molecule has 1 amide bonds. The van der Waals surface area contributed by atoms with Crippen molar-refractivity contribution >= 4 is 5.91 Å². The van der Waals surface area contributed by atoms with Crippen molar-refractivity contribution in [3.8, 4) is 0 Å². The van der Waals surface area contributed by atoms with Crippen molar-refractivity contribution in [2.24, 2.45) is 0 Å². The standard InChI is InChI=1S/C21H33N3O2/c1-16(2)24-13-19(20(14-24)26-3)22-21(25)15-23-11-9-18(10-12-23)17-7-5-4-6-8-17/h4-8,16,18-20H,9-15H2,1-3H3,(H,22,25)/t19-,20-/m1/s1. The van der Waals surface area contributed by atoms with Crippen LogP contribution >= 0.6 is 0 Å². The first-order chi connectivity index (χ1) is 12.6. The lowest BCUT2D eigenvalue weighted by molar-refractivity contribution is -0.123. The average molecular weight is 360 g/mol. The summed E-state index contributed by atoms with van der Waals surface area (Å²) < 4.78 is 5.59. The van der Waals surface area contributed by atoms with Gasteiger partial charge in [0.25, 0.3) is 0 Å². The molecule has 0 bridgehead atoms. The molecule has 0 aromatic heterocycles. The summed E-state index contributed by atoms with van der Waals surface area (Å²) in [6.07, 6.45) is 2.34. The Hall–Kier alpha value is -1.43. The molecule has 1 N–H and O–H groups in total. The summed E-state index contributed by atoms with van der Waals surface area (Å²) >= 11 is 0. The van der Waals surface area contributed by atoms with Crippen molar-refractivity contribution in [3.63, 3.8) is 0 Å². The molecular formula is C21H33N3O2. The number of nitrogens with one attached hydrogen (secondary N) is 1. The number of amides is 1. The zero-order valence-electron chi connectivity index (χ0n) is 16.4. The van der Waals surface area contributed by atoms with E-state index in [9.17, 15) is 4.79 Å². The predicted molar refractivity (Wildman–Crippen MR) is 104 cm³/mol. The summed E-state index contributed by atoms with van der Waals surface area (Å²) in [6, 6.07) is 11.3. The monoisotopic (exact) mass is 359 g/mol. The normalized spacial score (nSPS) is 25.7. The molecule has 2 aliphatic heterocycles. The van der Waals surface area contributed by atoms with Gasteiger partial charge in [0.2, 0.25) is 5.91 Å². The van der Waals surface area contributed by atoms with E-state index in [1.165, 1.54) is 5.56 Å². The smallest absolute Gasteiger partial charge is 0.234 e. The van der Waals surface area contributed by atoms with Crippen molar-refractivity contribution in [3.05, 3.63) is 35.9 Å². The largest absolute Gasteiger partial charge is 0.378 e. The molecule has 144 valence electrons. The molecule has 2 atom stereocenters. The van der Waals surface area contributed by atoms with Crippen LogP contribution in [0.2, 0.25) is 0 Å².